The smallest absolute Gasteiger partial charge is 0.251 e. The van der Waals surface area contributed by atoms with Crippen molar-refractivity contribution in [2.24, 2.45) is 0 Å². The van der Waals surface area contributed by atoms with Gasteiger partial charge in [-0.3, -0.25) is 9.59 Å². The number of likely N-dealkylation sites (N-methyl/N-ethyl adjacent to an activating group) is 1. The Morgan fingerprint density at radius 1 is 1.37 bits per heavy atom. The first kappa shape index (κ1) is 15.0. The van der Waals surface area contributed by atoms with Crippen LogP contribution in [0.2, 0.25) is 0 Å². The van der Waals surface area contributed by atoms with Gasteiger partial charge in [-0.2, -0.15) is 0 Å². The standard InChI is InChI=1S/C13H19N3O3/c1-9(17)8-16(2)12(18)7-15-13(19)10-3-5-11(14)6-4-10/h3-6,9,17H,7-8,14H2,1-2H3,(H,15,19). The molecule has 0 aliphatic heterocycles. The van der Waals surface area contributed by atoms with Crippen molar-refractivity contribution in [1.29, 1.82) is 0 Å². The Kier molecular flexibility index (Phi) is 5.32. The highest BCUT2D eigenvalue weighted by Gasteiger charge is 2.12. The molecule has 0 saturated heterocycles. The second-order valence-electron chi connectivity index (χ2n) is 4.43. The van der Waals surface area contributed by atoms with Crippen molar-refractivity contribution in [2.45, 2.75) is 13.0 Å². The maximum Gasteiger partial charge on any atom is 0.251 e. The number of hydrogen-bond donors (Lipinski definition) is 3. The highest BCUT2D eigenvalue weighted by atomic mass is 16.3. The molecular formula is C13H19N3O3. The average molecular weight is 265 g/mol. The van der Waals surface area contributed by atoms with E-state index < -0.39 is 6.10 Å². The molecule has 0 radical (unpaired) electrons. The van der Waals surface area contributed by atoms with Crippen LogP contribution in [0.4, 0.5) is 5.69 Å². The van der Waals surface area contributed by atoms with Gasteiger partial charge >= 0.3 is 0 Å². The van der Waals surface area contributed by atoms with Crippen molar-refractivity contribution < 1.29 is 14.7 Å². The number of aliphatic hydroxyl groups excluding tert-OH is 1. The van der Waals surface area contributed by atoms with Crippen LogP contribution in [0.15, 0.2) is 24.3 Å². The Balaban J connectivity index is 2.46. The number of nitrogens with one attached hydrogen (secondary N) is 1. The summed E-state index contributed by atoms with van der Waals surface area (Å²) in [6.45, 7) is 1.72. The van der Waals surface area contributed by atoms with Gasteiger partial charge in [-0.1, -0.05) is 0 Å². The number of amides is 2. The minimum Gasteiger partial charge on any atom is -0.399 e. The summed E-state index contributed by atoms with van der Waals surface area (Å²) >= 11 is 0. The first-order valence-electron chi connectivity index (χ1n) is 5.96. The number of carbonyl (C=O) groups excluding carboxylic acids is 2. The van der Waals surface area contributed by atoms with Crippen molar-refractivity contribution in [2.75, 3.05) is 25.9 Å². The molecule has 0 heterocycles. The van der Waals surface area contributed by atoms with Crippen LogP contribution in [0, 0.1) is 0 Å². The third kappa shape index (κ3) is 4.97. The average Bonchev–Trinajstić information content (AvgIpc) is 2.35. The number of nitrogen functional groups attached to an aromatic ring is 1. The van der Waals surface area contributed by atoms with Crippen LogP contribution in [-0.2, 0) is 4.79 Å². The Bertz CT molecular complexity index is 443. The Morgan fingerprint density at radius 3 is 2.47 bits per heavy atom. The highest BCUT2D eigenvalue weighted by molar-refractivity contribution is 5.96. The van der Waals surface area contributed by atoms with Gasteiger partial charge in [-0.15, -0.1) is 0 Å². The van der Waals surface area contributed by atoms with E-state index in [1.807, 2.05) is 0 Å². The quantitative estimate of drug-likeness (QED) is 0.644. The first-order valence-corrected chi connectivity index (χ1v) is 5.96. The van der Waals surface area contributed by atoms with E-state index in [0.717, 1.165) is 0 Å². The minimum absolute atomic E-state index is 0.105. The molecule has 6 heteroatoms. The Hall–Kier alpha value is -2.08. The molecule has 0 saturated carbocycles. The molecule has 1 aromatic carbocycles. The van der Waals surface area contributed by atoms with Gasteiger partial charge in [0.2, 0.25) is 5.91 Å². The molecule has 0 aliphatic rings. The van der Waals surface area contributed by atoms with Gasteiger partial charge in [-0.05, 0) is 31.2 Å². The molecule has 2 amide bonds. The van der Waals surface area contributed by atoms with E-state index >= 15 is 0 Å². The van der Waals surface area contributed by atoms with Gasteiger partial charge in [-0.25, -0.2) is 0 Å². The molecule has 0 bridgehead atoms. The van der Waals surface area contributed by atoms with Gasteiger partial charge in [0.05, 0.1) is 12.6 Å². The second kappa shape index (κ2) is 6.75. The lowest BCUT2D eigenvalue weighted by molar-refractivity contribution is -0.129. The molecule has 1 rings (SSSR count). The van der Waals surface area contributed by atoms with E-state index in [0.29, 0.717) is 11.3 Å². The van der Waals surface area contributed by atoms with E-state index in [-0.39, 0.29) is 24.9 Å². The second-order valence-corrected chi connectivity index (χ2v) is 4.43. The zero-order valence-corrected chi connectivity index (χ0v) is 11.1. The van der Waals surface area contributed by atoms with Crippen molar-refractivity contribution in [3.05, 3.63) is 29.8 Å². The molecular weight excluding hydrogens is 246 g/mol. The van der Waals surface area contributed by atoms with E-state index in [9.17, 15) is 9.59 Å². The molecule has 0 aromatic heterocycles. The fourth-order valence-electron chi connectivity index (χ4n) is 1.53. The number of benzene rings is 1. The third-order valence-corrected chi connectivity index (χ3v) is 2.54. The molecule has 0 fully saturated rings. The van der Waals surface area contributed by atoms with Gasteiger partial charge in [0.15, 0.2) is 0 Å². The fraction of sp³-hybridized carbons (Fsp3) is 0.385. The zero-order chi connectivity index (χ0) is 14.4. The molecule has 104 valence electrons. The van der Waals surface area contributed by atoms with Crippen LogP contribution < -0.4 is 11.1 Å². The lowest BCUT2D eigenvalue weighted by Gasteiger charge is -2.18. The Labute approximate surface area is 112 Å². The molecule has 0 spiro atoms. The first-order chi connectivity index (χ1) is 8.90. The molecule has 0 aliphatic carbocycles. The Morgan fingerprint density at radius 2 is 1.95 bits per heavy atom. The zero-order valence-electron chi connectivity index (χ0n) is 11.1. The van der Waals surface area contributed by atoms with Crippen LogP contribution in [0.3, 0.4) is 0 Å². The molecule has 19 heavy (non-hydrogen) atoms. The van der Waals surface area contributed by atoms with E-state index in [1.54, 1.807) is 38.2 Å². The van der Waals surface area contributed by atoms with Crippen LogP contribution in [0.5, 0.6) is 0 Å². The molecule has 6 nitrogen and oxygen atoms in total. The van der Waals surface area contributed by atoms with E-state index in [2.05, 4.69) is 5.32 Å². The third-order valence-electron chi connectivity index (χ3n) is 2.54. The van der Waals surface area contributed by atoms with Crippen molar-refractivity contribution in [3.8, 4) is 0 Å². The van der Waals surface area contributed by atoms with Gasteiger partial charge < -0.3 is 21.1 Å². The van der Waals surface area contributed by atoms with Gasteiger partial charge in [0.1, 0.15) is 0 Å². The molecule has 1 aromatic rings. The largest absolute Gasteiger partial charge is 0.399 e. The summed E-state index contributed by atoms with van der Waals surface area (Å²) in [7, 11) is 1.57. The summed E-state index contributed by atoms with van der Waals surface area (Å²) in [5.41, 5.74) is 6.54. The lowest BCUT2D eigenvalue weighted by atomic mass is 10.2. The number of nitrogens with two attached hydrogens (primary N) is 1. The highest BCUT2D eigenvalue weighted by Crippen LogP contribution is 2.04. The summed E-state index contributed by atoms with van der Waals surface area (Å²) < 4.78 is 0. The number of hydrogen-bond acceptors (Lipinski definition) is 4. The number of nitrogens with zero attached hydrogens (tertiary/aromatic N) is 1. The molecule has 1 unspecified atom stereocenters. The maximum absolute atomic E-state index is 11.7. The van der Waals surface area contributed by atoms with Crippen molar-refractivity contribution in [3.63, 3.8) is 0 Å². The lowest BCUT2D eigenvalue weighted by Crippen LogP contribution is -2.40. The van der Waals surface area contributed by atoms with Gasteiger partial charge in [0.25, 0.3) is 5.91 Å². The molecule has 1 atom stereocenters. The van der Waals surface area contributed by atoms with Crippen molar-refractivity contribution in [1.82, 2.24) is 10.2 Å². The predicted molar refractivity (Wildman–Crippen MR) is 72.5 cm³/mol. The monoisotopic (exact) mass is 265 g/mol. The number of rotatable bonds is 5. The predicted octanol–water partition coefficient (Wildman–Crippen LogP) is -0.162. The summed E-state index contributed by atoms with van der Waals surface area (Å²) in [6.07, 6.45) is -0.596. The number of carbonyl (C=O) groups is 2. The summed E-state index contributed by atoms with van der Waals surface area (Å²) in [4.78, 5) is 24.8. The topological polar surface area (TPSA) is 95.7 Å². The maximum atomic E-state index is 11.7. The van der Waals surface area contributed by atoms with Crippen LogP contribution >= 0.6 is 0 Å². The van der Waals surface area contributed by atoms with Gasteiger partial charge in [0, 0.05) is 24.8 Å². The van der Waals surface area contributed by atoms with E-state index in [1.165, 1.54) is 4.90 Å². The van der Waals surface area contributed by atoms with Crippen LogP contribution in [0.1, 0.15) is 17.3 Å². The minimum atomic E-state index is -0.596. The number of aliphatic hydroxyl groups is 1. The van der Waals surface area contributed by atoms with Crippen LogP contribution in [0.25, 0.3) is 0 Å². The summed E-state index contributed by atoms with van der Waals surface area (Å²) in [5, 5.41) is 11.7. The SMILES string of the molecule is CC(O)CN(C)C(=O)CNC(=O)c1ccc(N)cc1. The van der Waals surface area contributed by atoms with Crippen LogP contribution in [-0.4, -0.2) is 48.1 Å². The normalized spacial score (nSPS) is 11.7. The number of anilines is 1. The molecule has 4 N–H and O–H groups in total. The van der Waals surface area contributed by atoms with Crippen molar-refractivity contribution >= 4 is 17.5 Å². The fourth-order valence-corrected chi connectivity index (χ4v) is 1.53. The summed E-state index contributed by atoms with van der Waals surface area (Å²) in [6, 6.07) is 6.43. The van der Waals surface area contributed by atoms with E-state index in [4.69, 9.17) is 10.8 Å². The summed E-state index contributed by atoms with van der Waals surface area (Å²) in [5.74, 6) is -0.594.